The molecular formula is C20H22N4O. The Hall–Kier alpha value is -2.95. The summed E-state index contributed by atoms with van der Waals surface area (Å²) in [5.74, 6) is -0.0838. The van der Waals surface area contributed by atoms with E-state index in [1.807, 2.05) is 67.9 Å². The van der Waals surface area contributed by atoms with Gasteiger partial charge in [0, 0.05) is 23.7 Å². The van der Waals surface area contributed by atoms with E-state index < -0.39 is 0 Å². The Morgan fingerprint density at radius 2 is 1.92 bits per heavy atom. The van der Waals surface area contributed by atoms with E-state index in [4.69, 9.17) is 0 Å². The first kappa shape index (κ1) is 16.9. The highest BCUT2D eigenvalue weighted by Gasteiger charge is 2.12. The van der Waals surface area contributed by atoms with Crippen molar-refractivity contribution in [1.29, 1.82) is 0 Å². The molecule has 1 aromatic carbocycles. The Bertz CT molecular complexity index is 870. The van der Waals surface area contributed by atoms with Crippen LogP contribution in [0.1, 0.15) is 45.8 Å². The van der Waals surface area contributed by atoms with Crippen LogP contribution in [-0.2, 0) is 6.54 Å². The third kappa shape index (κ3) is 4.12. The number of carbonyl (C=O) groups excluding carboxylic acids is 1. The van der Waals surface area contributed by atoms with Gasteiger partial charge in [-0.05, 0) is 62.2 Å². The fourth-order valence-corrected chi connectivity index (χ4v) is 2.83. The zero-order chi connectivity index (χ0) is 17.8. The Morgan fingerprint density at radius 1 is 1.16 bits per heavy atom. The van der Waals surface area contributed by atoms with Gasteiger partial charge in [-0.15, -0.1) is 0 Å². The molecule has 0 saturated carbocycles. The summed E-state index contributed by atoms with van der Waals surface area (Å²) in [6.07, 6.45) is 3.46. The van der Waals surface area contributed by atoms with Gasteiger partial charge in [-0.25, -0.2) is 0 Å². The number of aryl methyl sites for hydroxylation is 2. The summed E-state index contributed by atoms with van der Waals surface area (Å²) in [5.41, 5.74) is 4.84. The van der Waals surface area contributed by atoms with Gasteiger partial charge in [-0.2, -0.15) is 5.10 Å². The molecule has 0 saturated heterocycles. The number of hydrogen-bond acceptors (Lipinski definition) is 3. The van der Waals surface area contributed by atoms with Crippen molar-refractivity contribution in [2.75, 3.05) is 0 Å². The van der Waals surface area contributed by atoms with E-state index in [0.717, 1.165) is 22.5 Å². The molecule has 0 radical (unpaired) electrons. The monoisotopic (exact) mass is 334 g/mol. The summed E-state index contributed by atoms with van der Waals surface area (Å²) in [7, 11) is 0. The second kappa shape index (κ2) is 7.30. The number of pyridine rings is 1. The lowest BCUT2D eigenvalue weighted by Crippen LogP contribution is -2.26. The number of aromatic nitrogens is 3. The maximum atomic E-state index is 12.6. The summed E-state index contributed by atoms with van der Waals surface area (Å²) >= 11 is 0. The minimum atomic E-state index is -0.0838. The van der Waals surface area contributed by atoms with E-state index in [-0.39, 0.29) is 11.9 Å². The molecule has 2 aromatic heterocycles. The second-order valence-electron chi connectivity index (χ2n) is 6.26. The quantitative estimate of drug-likeness (QED) is 0.777. The first-order chi connectivity index (χ1) is 12.0. The predicted octanol–water partition coefficient (Wildman–Crippen LogP) is 3.43. The topological polar surface area (TPSA) is 59.8 Å². The van der Waals surface area contributed by atoms with Crippen LogP contribution < -0.4 is 5.32 Å². The first-order valence-corrected chi connectivity index (χ1v) is 8.33. The van der Waals surface area contributed by atoms with E-state index in [1.54, 1.807) is 12.4 Å². The predicted molar refractivity (Wildman–Crippen MR) is 97.4 cm³/mol. The summed E-state index contributed by atoms with van der Waals surface area (Å²) in [5, 5.41) is 7.51. The van der Waals surface area contributed by atoms with Crippen LogP contribution >= 0.6 is 0 Å². The molecule has 0 fully saturated rings. The van der Waals surface area contributed by atoms with Crippen LogP contribution in [0.4, 0.5) is 0 Å². The van der Waals surface area contributed by atoms with Crippen molar-refractivity contribution in [2.45, 2.75) is 33.4 Å². The van der Waals surface area contributed by atoms with Crippen LogP contribution in [0.15, 0.2) is 54.9 Å². The molecule has 1 N–H and O–H groups in total. The number of nitrogens with one attached hydrogen (secondary N) is 1. The molecule has 0 aliphatic heterocycles. The van der Waals surface area contributed by atoms with Gasteiger partial charge in [-0.1, -0.05) is 12.1 Å². The average Bonchev–Trinajstić information content (AvgIpc) is 2.93. The van der Waals surface area contributed by atoms with Gasteiger partial charge in [0.15, 0.2) is 0 Å². The van der Waals surface area contributed by atoms with Gasteiger partial charge in [0.25, 0.3) is 5.91 Å². The van der Waals surface area contributed by atoms with Crippen LogP contribution in [0.3, 0.4) is 0 Å². The highest BCUT2D eigenvalue weighted by atomic mass is 16.1. The normalized spacial score (nSPS) is 12.0. The van der Waals surface area contributed by atoms with Crippen LogP contribution in [-0.4, -0.2) is 20.7 Å². The third-order valence-corrected chi connectivity index (χ3v) is 4.18. The lowest BCUT2D eigenvalue weighted by molar-refractivity contribution is 0.0939. The number of rotatable bonds is 5. The summed E-state index contributed by atoms with van der Waals surface area (Å²) in [4.78, 5) is 16.6. The van der Waals surface area contributed by atoms with E-state index in [1.165, 1.54) is 0 Å². The van der Waals surface area contributed by atoms with Crippen molar-refractivity contribution < 1.29 is 4.79 Å². The molecule has 3 rings (SSSR count). The molecule has 128 valence electrons. The fourth-order valence-electron chi connectivity index (χ4n) is 2.83. The van der Waals surface area contributed by atoms with Gasteiger partial charge in [0.2, 0.25) is 0 Å². The molecule has 25 heavy (non-hydrogen) atoms. The maximum Gasteiger partial charge on any atom is 0.251 e. The minimum Gasteiger partial charge on any atom is -0.346 e. The van der Waals surface area contributed by atoms with Gasteiger partial charge in [0.1, 0.15) is 0 Å². The molecule has 5 heteroatoms. The van der Waals surface area contributed by atoms with Crippen molar-refractivity contribution in [1.82, 2.24) is 20.1 Å². The smallest absolute Gasteiger partial charge is 0.251 e. The van der Waals surface area contributed by atoms with Gasteiger partial charge < -0.3 is 5.32 Å². The summed E-state index contributed by atoms with van der Waals surface area (Å²) < 4.78 is 1.95. The standard InChI is InChI=1S/C20H22N4O/c1-14-11-15(2)24(23-14)13-17-5-4-6-19(12-17)20(25)22-16(3)18-7-9-21-10-8-18/h4-12,16H,13H2,1-3H3,(H,22,25)/t16-/m1/s1. The molecule has 0 bridgehead atoms. The largest absolute Gasteiger partial charge is 0.346 e. The molecule has 0 spiro atoms. The van der Waals surface area contributed by atoms with Crippen molar-refractivity contribution in [3.05, 3.63) is 82.9 Å². The SMILES string of the molecule is Cc1cc(C)n(Cc2cccc(C(=O)N[C@H](C)c3ccncc3)c2)n1. The van der Waals surface area contributed by atoms with Crippen molar-refractivity contribution in [2.24, 2.45) is 0 Å². The second-order valence-corrected chi connectivity index (χ2v) is 6.26. The van der Waals surface area contributed by atoms with E-state index in [2.05, 4.69) is 15.4 Å². The number of nitrogens with zero attached hydrogens (tertiary/aromatic N) is 3. The van der Waals surface area contributed by atoms with E-state index >= 15 is 0 Å². The number of benzene rings is 1. The first-order valence-electron chi connectivity index (χ1n) is 8.33. The van der Waals surface area contributed by atoms with Gasteiger partial charge in [-0.3, -0.25) is 14.5 Å². The Morgan fingerprint density at radius 3 is 2.60 bits per heavy atom. The molecule has 0 unspecified atom stereocenters. The highest BCUT2D eigenvalue weighted by Crippen LogP contribution is 2.13. The average molecular weight is 334 g/mol. The van der Waals surface area contributed by atoms with Crippen molar-refractivity contribution in [3.63, 3.8) is 0 Å². The highest BCUT2D eigenvalue weighted by molar-refractivity contribution is 5.94. The van der Waals surface area contributed by atoms with Crippen molar-refractivity contribution >= 4 is 5.91 Å². The molecule has 1 amide bonds. The molecule has 5 nitrogen and oxygen atoms in total. The molecule has 0 aliphatic rings. The molecule has 0 aliphatic carbocycles. The number of hydrogen-bond donors (Lipinski definition) is 1. The van der Waals surface area contributed by atoms with E-state index in [0.29, 0.717) is 12.1 Å². The summed E-state index contributed by atoms with van der Waals surface area (Å²) in [6.45, 7) is 6.63. The Labute approximate surface area is 147 Å². The Kier molecular flexibility index (Phi) is 4.93. The van der Waals surface area contributed by atoms with Gasteiger partial charge in [0.05, 0.1) is 18.3 Å². The molecular weight excluding hydrogens is 312 g/mol. The fraction of sp³-hybridized carbons (Fsp3) is 0.250. The number of amides is 1. The molecule has 3 aromatic rings. The van der Waals surface area contributed by atoms with E-state index in [9.17, 15) is 4.79 Å². The molecule has 1 atom stereocenters. The van der Waals surface area contributed by atoms with Crippen LogP contribution in [0.2, 0.25) is 0 Å². The molecule has 2 heterocycles. The third-order valence-electron chi connectivity index (χ3n) is 4.18. The van der Waals surface area contributed by atoms with Crippen LogP contribution in [0, 0.1) is 13.8 Å². The minimum absolute atomic E-state index is 0.0739. The van der Waals surface area contributed by atoms with Crippen LogP contribution in [0.25, 0.3) is 0 Å². The lowest BCUT2D eigenvalue weighted by atomic mass is 10.1. The van der Waals surface area contributed by atoms with Gasteiger partial charge >= 0.3 is 0 Å². The Balaban J connectivity index is 1.72. The number of carbonyl (C=O) groups is 1. The zero-order valence-corrected chi connectivity index (χ0v) is 14.7. The van der Waals surface area contributed by atoms with Crippen LogP contribution in [0.5, 0.6) is 0 Å². The van der Waals surface area contributed by atoms with Crippen molar-refractivity contribution in [3.8, 4) is 0 Å². The zero-order valence-electron chi connectivity index (χ0n) is 14.7. The summed E-state index contributed by atoms with van der Waals surface area (Å²) in [6, 6.07) is 13.5. The lowest BCUT2D eigenvalue weighted by Gasteiger charge is -2.14. The maximum absolute atomic E-state index is 12.6.